The molecule has 0 aliphatic carbocycles. The van der Waals surface area contributed by atoms with Crippen molar-refractivity contribution in [3.05, 3.63) is 0 Å². The highest BCUT2D eigenvalue weighted by atomic mass is 19.3. The largest absolute Gasteiger partial charge is 0.481 e. The van der Waals surface area contributed by atoms with E-state index >= 15 is 0 Å². The van der Waals surface area contributed by atoms with E-state index in [1.807, 2.05) is 0 Å². The van der Waals surface area contributed by atoms with Crippen LogP contribution in [0.3, 0.4) is 0 Å². The zero-order valence-corrected chi connectivity index (χ0v) is 6.18. The molecule has 1 atom stereocenters. The number of aliphatic carboxylic acids is 1. The highest BCUT2D eigenvalue weighted by molar-refractivity contribution is 5.68. The van der Waals surface area contributed by atoms with Gasteiger partial charge in [0.1, 0.15) is 0 Å². The fourth-order valence-corrected chi connectivity index (χ4v) is 0.638. The maximum absolute atomic E-state index is 12.1. The fraction of sp³-hybridized carbons (Fsp3) is 0.833. The van der Waals surface area contributed by atoms with Crippen molar-refractivity contribution < 1.29 is 18.7 Å². The number of carboxylic acids is 1. The van der Waals surface area contributed by atoms with Crippen molar-refractivity contribution in [2.24, 2.45) is 5.73 Å². The summed E-state index contributed by atoms with van der Waals surface area (Å²) in [5, 5.41) is 8.22. The van der Waals surface area contributed by atoms with Crippen LogP contribution in [0.15, 0.2) is 0 Å². The Bertz CT molecular complexity index is 152. The van der Waals surface area contributed by atoms with Crippen molar-refractivity contribution in [3.63, 3.8) is 0 Å². The van der Waals surface area contributed by atoms with Gasteiger partial charge in [-0.2, -0.15) is 0 Å². The maximum Gasteiger partial charge on any atom is 0.305 e. The average Bonchev–Trinajstić information content (AvgIpc) is 1.86. The molecule has 0 amide bonds. The first-order chi connectivity index (χ1) is 4.92. The number of nitrogens with two attached hydrogens (primary N) is 1. The lowest BCUT2D eigenvalue weighted by molar-refractivity contribution is -0.140. The molecule has 66 valence electrons. The normalized spacial score (nSPS) is 16.5. The third kappa shape index (κ3) is 2.80. The standard InChI is InChI=1S/C6H11F2NO2/c1-2-6(9,5(7)8)3-4(10)11/h5H,2-3,9H2,1H3,(H,10,11). The Morgan fingerprint density at radius 1 is 1.73 bits per heavy atom. The summed E-state index contributed by atoms with van der Waals surface area (Å²) in [5.74, 6) is -1.30. The molecule has 3 nitrogen and oxygen atoms in total. The van der Waals surface area contributed by atoms with Crippen molar-refractivity contribution in [2.75, 3.05) is 0 Å². The van der Waals surface area contributed by atoms with Gasteiger partial charge in [0, 0.05) is 0 Å². The molecule has 0 rings (SSSR count). The first-order valence-electron chi connectivity index (χ1n) is 3.21. The van der Waals surface area contributed by atoms with E-state index in [-0.39, 0.29) is 6.42 Å². The summed E-state index contributed by atoms with van der Waals surface area (Å²) in [6.45, 7) is 1.44. The summed E-state index contributed by atoms with van der Waals surface area (Å²) in [7, 11) is 0. The van der Waals surface area contributed by atoms with Crippen LogP contribution in [0.2, 0.25) is 0 Å². The van der Waals surface area contributed by atoms with Gasteiger partial charge in [0.2, 0.25) is 0 Å². The van der Waals surface area contributed by atoms with E-state index in [2.05, 4.69) is 0 Å². The molecule has 5 heteroatoms. The highest BCUT2D eigenvalue weighted by Crippen LogP contribution is 2.20. The van der Waals surface area contributed by atoms with E-state index < -0.39 is 24.4 Å². The van der Waals surface area contributed by atoms with Crippen LogP contribution in [-0.2, 0) is 4.79 Å². The molecule has 0 heterocycles. The molecule has 3 N–H and O–H groups in total. The molecular weight excluding hydrogens is 156 g/mol. The minimum Gasteiger partial charge on any atom is -0.481 e. The average molecular weight is 167 g/mol. The third-order valence-corrected chi connectivity index (χ3v) is 1.57. The van der Waals surface area contributed by atoms with Gasteiger partial charge in [0.25, 0.3) is 6.43 Å². The Morgan fingerprint density at radius 3 is 2.27 bits per heavy atom. The summed E-state index contributed by atoms with van der Waals surface area (Å²) in [6.07, 6.45) is -3.53. The molecule has 0 fully saturated rings. The van der Waals surface area contributed by atoms with Crippen LogP contribution in [0.25, 0.3) is 0 Å². The van der Waals surface area contributed by atoms with E-state index in [4.69, 9.17) is 10.8 Å². The summed E-state index contributed by atoms with van der Waals surface area (Å²) < 4.78 is 24.1. The first kappa shape index (κ1) is 10.3. The summed E-state index contributed by atoms with van der Waals surface area (Å²) >= 11 is 0. The predicted octanol–water partition coefficient (Wildman–Crippen LogP) is 0.834. The summed E-state index contributed by atoms with van der Waals surface area (Å²) in [6, 6.07) is 0. The molecule has 0 saturated heterocycles. The monoisotopic (exact) mass is 167 g/mol. The molecule has 0 radical (unpaired) electrons. The number of alkyl halides is 2. The van der Waals surface area contributed by atoms with E-state index in [9.17, 15) is 13.6 Å². The van der Waals surface area contributed by atoms with E-state index in [1.54, 1.807) is 0 Å². The number of carboxylic acid groups (broad SMARTS) is 1. The maximum atomic E-state index is 12.1. The second kappa shape index (κ2) is 3.61. The van der Waals surface area contributed by atoms with E-state index in [1.165, 1.54) is 6.92 Å². The number of hydrogen-bond acceptors (Lipinski definition) is 2. The van der Waals surface area contributed by atoms with Crippen molar-refractivity contribution in [1.82, 2.24) is 0 Å². The van der Waals surface area contributed by atoms with Gasteiger partial charge in [0.15, 0.2) is 0 Å². The van der Waals surface area contributed by atoms with Gasteiger partial charge in [-0.25, -0.2) is 8.78 Å². The number of hydrogen-bond donors (Lipinski definition) is 2. The Kier molecular flexibility index (Phi) is 3.38. The van der Waals surface area contributed by atoms with Gasteiger partial charge in [0.05, 0.1) is 12.0 Å². The van der Waals surface area contributed by atoms with Crippen LogP contribution < -0.4 is 5.73 Å². The molecule has 0 spiro atoms. The van der Waals surface area contributed by atoms with Crippen LogP contribution in [-0.4, -0.2) is 23.0 Å². The molecular formula is C6H11F2NO2. The SMILES string of the molecule is CCC(N)(CC(=O)O)C(F)F. The zero-order chi connectivity index (χ0) is 9.07. The smallest absolute Gasteiger partial charge is 0.305 e. The van der Waals surface area contributed by atoms with E-state index in [0.717, 1.165) is 0 Å². The Labute approximate surface area is 63.2 Å². The summed E-state index contributed by atoms with van der Waals surface area (Å²) in [4.78, 5) is 10.1. The first-order valence-corrected chi connectivity index (χ1v) is 3.21. The van der Waals surface area contributed by atoms with Gasteiger partial charge in [-0.3, -0.25) is 4.79 Å². The van der Waals surface area contributed by atoms with Crippen molar-refractivity contribution in [2.45, 2.75) is 31.7 Å². The third-order valence-electron chi connectivity index (χ3n) is 1.57. The molecule has 0 aliphatic rings. The van der Waals surface area contributed by atoms with Crippen molar-refractivity contribution in [1.29, 1.82) is 0 Å². The van der Waals surface area contributed by atoms with Gasteiger partial charge in [-0.15, -0.1) is 0 Å². The molecule has 0 aromatic heterocycles. The topological polar surface area (TPSA) is 63.3 Å². The Balaban J connectivity index is 4.22. The number of halogens is 2. The van der Waals surface area contributed by atoms with Crippen LogP contribution in [0.5, 0.6) is 0 Å². The van der Waals surface area contributed by atoms with Gasteiger partial charge >= 0.3 is 5.97 Å². The molecule has 11 heavy (non-hydrogen) atoms. The lowest BCUT2D eigenvalue weighted by Crippen LogP contribution is -2.48. The minimum absolute atomic E-state index is 0.0447. The number of carbonyl (C=O) groups is 1. The molecule has 0 aliphatic heterocycles. The molecule has 1 unspecified atom stereocenters. The van der Waals surface area contributed by atoms with Crippen molar-refractivity contribution >= 4 is 5.97 Å². The summed E-state index contributed by atoms with van der Waals surface area (Å²) in [5.41, 5.74) is 3.24. The molecule has 0 bridgehead atoms. The van der Waals surface area contributed by atoms with Crippen LogP contribution in [0.4, 0.5) is 8.78 Å². The Morgan fingerprint density at radius 2 is 2.18 bits per heavy atom. The lowest BCUT2D eigenvalue weighted by atomic mass is 9.94. The molecule has 0 saturated carbocycles. The minimum atomic E-state index is -2.79. The fourth-order valence-electron chi connectivity index (χ4n) is 0.638. The highest BCUT2D eigenvalue weighted by Gasteiger charge is 2.36. The predicted molar refractivity (Wildman–Crippen MR) is 35.5 cm³/mol. The zero-order valence-electron chi connectivity index (χ0n) is 6.18. The van der Waals surface area contributed by atoms with Gasteiger partial charge < -0.3 is 10.8 Å². The lowest BCUT2D eigenvalue weighted by Gasteiger charge is -2.24. The second-order valence-corrected chi connectivity index (χ2v) is 2.46. The molecule has 0 aromatic rings. The number of rotatable bonds is 4. The second-order valence-electron chi connectivity index (χ2n) is 2.46. The molecule has 0 aromatic carbocycles. The van der Waals surface area contributed by atoms with E-state index in [0.29, 0.717) is 0 Å². The van der Waals surface area contributed by atoms with Crippen LogP contribution in [0, 0.1) is 0 Å². The van der Waals surface area contributed by atoms with Crippen molar-refractivity contribution in [3.8, 4) is 0 Å². The van der Waals surface area contributed by atoms with Gasteiger partial charge in [-0.05, 0) is 6.42 Å². The quantitative estimate of drug-likeness (QED) is 0.651. The van der Waals surface area contributed by atoms with Crippen LogP contribution in [0.1, 0.15) is 19.8 Å². The van der Waals surface area contributed by atoms with Gasteiger partial charge in [-0.1, -0.05) is 6.92 Å². The van der Waals surface area contributed by atoms with Crippen LogP contribution >= 0.6 is 0 Å². The Hall–Kier alpha value is -0.710.